The number of halogens is 3. The van der Waals surface area contributed by atoms with E-state index in [1.54, 1.807) is 12.1 Å². The van der Waals surface area contributed by atoms with Crippen LogP contribution in [0.5, 0.6) is 5.75 Å². The van der Waals surface area contributed by atoms with Crippen molar-refractivity contribution in [1.82, 2.24) is 0 Å². The van der Waals surface area contributed by atoms with Crippen LogP contribution in [-0.4, -0.2) is 6.10 Å². The number of rotatable bonds is 3. The molecule has 1 aliphatic rings. The van der Waals surface area contributed by atoms with Crippen molar-refractivity contribution in [1.29, 1.82) is 0 Å². The van der Waals surface area contributed by atoms with Crippen molar-refractivity contribution in [3.05, 3.63) is 63.9 Å². The van der Waals surface area contributed by atoms with Crippen LogP contribution in [0.25, 0.3) is 0 Å². The van der Waals surface area contributed by atoms with Gasteiger partial charge in [0.2, 0.25) is 0 Å². The maximum atomic E-state index is 13.9. The van der Waals surface area contributed by atoms with Crippen LogP contribution in [0.4, 0.5) is 4.39 Å². The van der Waals surface area contributed by atoms with Crippen LogP contribution < -0.4 is 4.74 Å². The van der Waals surface area contributed by atoms with E-state index in [4.69, 9.17) is 16.3 Å². The quantitative estimate of drug-likeness (QED) is 0.651. The van der Waals surface area contributed by atoms with Gasteiger partial charge in [-0.05, 0) is 42.7 Å². The van der Waals surface area contributed by atoms with Gasteiger partial charge in [0.05, 0.1) is 0 Å². The Labute approximate surface area is 137 Å². The zero-order valence-corrected chi connectivity index (χ0v) is 13.9. The van der Waals surface area contributed by atoms with E-state index in [2.05, 4.69) is 28.9 Å². The number of hydrogen-bond acceptors (Lipinski definition) is 1. The van der Waals surface area contributed by atoms with Crippen LogP contribution in [0.2, 0.25) is 5.02 Å². The van der Waals surface area contributed by atoms with Gasteiger partial charge in [-0.25, -0.2) is 4.39 Å². The van der Waals surface area contributed by atoms with Gasteiger partial charge in [0, 0.05) is 21.8 Å². The zero-order valence-electron chi connectivity index (χ0n) is 11.6. The average molecular weight is 370 g/mol. The molecule has 2 aromatic rings. The van der Waals surface area contributed by atoms with E-state index in [1.165, 1.54) is 11.6 Å². The van der Waals surface area contributed by atoms with E-state index < -0.39 is 0 Å². The molecule has 3 rings (SSSR count). The van der Waals surface area contributed by atoms with Crippen molar-refractivity contribution >= 4 is 27.5 Å². The van der Waals surface area contributed by atoms with E-state index >= 15 is 0 Å². The van der Waals surface area contributed by atoms with Gasteiger partial charge >= 0.3 is 0 Å². The van der Waals surface area contributed by atoms with Crippen molar-refractivity contribution < 1.29 is 9.13 Å². The van der Waals surface area contributed by atoms with Crippen molar-refractivity contribution in [2.75, 3.05) is 0 Å². The largest absolute Gasteiger partial charge is 0.490 e. The first kappa shape index (κ1) is 14.9. The Balaban J connectivity index is 1.83. The molecule has 0 saturated carbocycles. The van der Waals surface area contributed by atoms with Crippen molar-refractivity contribution in [3.63, 3.8) is 0 Å². The minimum Gasteiger partial charge on any atom is -0.490 e. The Morgan fingerprint density at radius 1 is 1.38 bits per heavy atom. The molecule has 0 aromatic heterocycles. The molecular formula is C17H15BrClFO. The molecule has 1 aliphatic heterocycles. The Kier molecular flexibility index (Phi) is 4.23. The van der Waals surface area contributed by atoms with Crippen LogP contribution in [0.1, 0.15) is 28.4 Å². The third-order valence-corrected chi connectivity index (χ3v) is 4.93. The molecule has 0 fully saturated rings. The molecule has 110 valence electrons. The predicted molar refractivity (Wildman–Crippen MR) is 87.0 cm³/mol. The molecule has 0 N–H and O–H groups in total. The number of alkyl halides is 1. The summed E-state index contributed by atoms with van der Waals surface area (Å²) in [4.78, 5) is 0.0214. The Morgan fingerprint density at radius 3 is 2.95 bits per heavy atom. The van der Waals surface area contributed by atoms with Crippen molar-refractivity contribution in [2.24, 2.45) is 0 Å². The highest BCUT2D eigenvalue weighted by atomic mass is 79.9. The Morgan fingerprint density at radius 2 is 2.19 bits per heavy atom. The van der Waals surface area contributed by atoms with E-state index in [0.29, 0.717) is 17.0 Å². The highest BCUT2D eigenvalue weighted by Crippen LogP contribution is 2.36. The fraction of sp³-hybridized carbons (Fsp3) is 0.294. The fourth-order valence-electron chi connectivity index (χ4n) is 2.66. The van der Waals surface area contributed by atoms with E-state index in [9.17, 15) is 4.39 Å². The molecule has 1 nitrogen and oxygen atoms in total. The molecule has 4 heteroatoms. The average Bonchev–Trinajstić information content (AvgIpc) is 2.81. The molecule has 1 heterocycles. The first-order valence-electron chi connectivity index (χ1n) is 6.91. The number of hydrogen-bond donors (Lipinski definition) is 0. The summed E-state index contributed by atoms with van der Waals surface area (Å²) < 4.78 is 19.6. The molecule has 0 aliphatic carbocycles. The number of fused-ring (bicyclic) bond motifs is 1. The molecule has 0 bridgehead atoms. The van der Waals surface area contributed by atoms with E-state index in [0.717, 1.165) is 17.7 Å². The molecule has 2 unspecified atom stereocenters. The van der Waals surface area contributed by atoms with Crippen LogP contribution in [-0.2, 0) is 12.8 Å². The summed E-state index contributed by atoms with van der Waals surface area (Å²) in [6.45, 7) is 2.06. The second-order valence-corrected chi connectivity index (χ2v) is 6.88. The molecule has 0 radical (unpaired) electrons. The first-order chi connectivity index (χ1) is 10.0. The van der Waals surface area contributed by atoms with E-state index in [-0.39, 0.29) is 16.7 Å². The minimum absolute atomic E-state index is 0.0214. The summed E-state index contributed by atoms with van der Waals surface area (Å²) in [6.07, 6.45) is 1.66. The Bertz CT molecular complexity index is 654. The lowest BCUT2D eigenvalue weighted by Crippen LogP contribution is -2.05. The summed E-state index contributed by atoms with van der Waals surface area (Å²) >= 11 is 9.74. The lowest BCUT2D eigenvalue weighted by molar-refractivity contribution is 0.254. The van der Waals surface area contributed by atoms with Crippen LogP contribution in [0.15, 0.2) is 36.4 Å². The summed E-state index contributed by atoms with van der Waals surface area (Å²) in [7, 11) is 0. The monoisotopic (exact) mass is 368 g/mol. The lowest BCUT2D eigenvalue weighted by Gasteiger charge is -2.13. The molecule has 0 saturated heterocycles. The second kappa shape index (κ2) is 5.98. The lowest BCUT2D eigenvalue weighted by atomic mass is 10.0. The maximum Gasteiger partial charge on any atom is 0.127 e. The topological polar surface area (TPSA) is 9.23 Å². The van der Waals surface area contributed by atoms with Gasteiger partial charge < -0.3 is 4.74 Å². The van der Waals surface area contributed by atoms with E-state index in [1.807, 2.05) is 12.1 Å². The molecular weight excluding hydrogens is 355 g/mol. The molecule has 2 aromatic carbocycles. The molecule has 0 amide bonds. The van der Waals surface area contributed by atoms with Gasteiger partial charge in [-0.2, -0.15) is 0 Å². The van der Waals surface area contributed by atoms with Gasteiger partial charge in [-0.15, -0.1) is 0 Å². The fourth-order valence-corrected chi connectivity index (χ4v) is 3.51. The normalized spacial score (nSPS) is 18.2. The molecule has 0 spiro atoms. The third kappa shape index (κ3) is 3.09. The smallest absolute Gasteiger partial charge is 0.127 e. The van der Waals surface area contributed by atoms with Crippen molar-refractivity contribution in [2.45, 2.75) is 30.7 Å². The summed E-state index contributed by atoms with van der Waals surface area (Å²) in [6, 6.07) is 10.9. The number of benzene rings is 2. The third-order valence-electron chi connectivity index (χ3n) is 3.73. The Hall–Kier alpha value is -1.06. The highest BCUT2D eigenvalue weighted by molar-refractivity contribution is 9.09. The summed E-state index contributed by atoms with van der Waals surface area (Å²) in [5, 5.41) is 0.470. The minimum atomic E-state index is -0.259. The SMILES string of the molecule is CC1Cc2cc(C(Br)Cc3c(F)cccc3Cl)ccc2O1. The zero-order chi connectivity index (χ0) is 15.0. The van der Waals surface area contributed by atoms with Gasteiger partial charge in [-0.1, -0.05) is 45.7 Å². The van der Waals surface area contributed by atoms with Crippen LogP contribution in [0, 0.1) is 5.82 Å². The van der Waals surface area contributed by atoms with Crippen LogP contribution >= 0.6 is 27.5 Å². The van der Waals surface area contributed by atoms with Crippen LogP contribution in [0.3, 0.4) is 0 Å². The van der Waals surface area contributed by atoms with Gasteiger partial charge in [0.15, 0.2) is 0 Å². The first-order valence-corrected chi connectivity index (χ1v) is 8.20. The predicted octanol–water partition coefficient (Wildman–Crippen LogP) is 5.48. The summed E-state index contributed by atoms with van der Waals surface area (Å²) in [5.74, 6) is 0.694. The van der Waals surface area contributed by atoms with Gasteiger partial charge in [-0.3, -0.25) is 0 Å². The number of ether oxygens (including phenoxy) is 1. The van der Waals surface area contributed by atoms with Gasteiger partial charge in [0.1, 0.15) is 17.7 Å². The second-order valence-electron chi connectivity index (χ2n) is 5.37. The van der Waals surface area contributed by atoms with Gasteiger partial charge in [0.25, 0.3) is 0 Å². The molecule has 21 heavy (non-hydrogen) atoms. The molecule has 2 atom stereocenters. The standard InChI is InChI=1S/C17H15BrClFO/c1-10-7-12-8-11(5-6-17(12)21-10)14(18)9-13-15(19)3-2-4-16(13)20/h2-6,8,10,14H,7,9H2,1H3. The summed E-state index contributed by atoms with van der Waals surface area (Å²) in [5.41, 5.74) is 2.88. The highest BCUT2D eigenvalue weighted by Gasteiger charge is 2.21. The van der Waals surface area contributed by atoms with Crippen molar-refractivity contribution in [3.8, 4) is 5.75 Å². The maximum absolute atomic E-state index is 13.9.